The number of rotatable bonds is 13. The Morgan fingerprint density at radius 2 is 1.34 bits per heavy atom. The van der Waals surface area contributed by atoms with Crippen LogP contribution in [-0.4, -0.2) is 95.9 Å². The van der Waals surface area contributed by atoms with Crippen molar-refractivity contribution < 1.29 is 66.9 Å². The molecule has 17 nitrogen and oxygen atoms in total. The number of ether oxygens (including phenoxy) is 5. The van der Waals surface area contributed by atoms with Gasteiger partial charge < -0.3 is 34.3 Å². The summed E-state index contributed by atoms with van der Waals surface area (Å²) in [5.74, 6) is -6.90. The van der Waals surface area contributed by atoms with Gasteiger partial charge in [0, 0.05) is 27.7 Å². The van der Waals surface area contributed by atoms with E-state index in [1.807, 2.05) is 0 Å². The summed E-state index contributed by atoms with van der Waals surface area (Å²) in [6.45, 7) is 3.60. The minimum Gasteiger partial charge on any atom is -0.463 e. The Hall–Kier alpha value is -5.68. The number of amides is 4. The summed E-state index contributed by atoms with van der Waals surface area (Å²) in [5, 5.41) is 5.33. The number of esters is 4. The largest absolute Gasteiger partial charge is 0.463 e. The Labute approximate surface area is 285 Å². The standard InChI is InChI=1S/C33H35N3O14/c1-17(37)34-27-29(48-20(4)40)28(47-19(3)39)25(16-45-18(2)38)49-30(27)35-26(41)14-24(33(44)46-15-21-10-6-5-7-11-21)50-36-31(42)22-12-8-9-13-23(22)32(36)43/h5-13,24-25,27-30H,14-16H2,1-4H3,(H,34,37)(H,35,41)/t24-,25-,27-,28-,29-,30-/m1/s1. The highest BCUT2D eigenvalue weighted by molar-refractivity contribution is 6.20. The van der Waals surface area contributed by atoms with Crippen molar-refractivity contribution in [2.45, 2.75) is 77.4 Å². The SMILES string of the molecule is CC(=O)N[C@@H]1[C@@H](OC(C)=O)[C@H](OC(C)=O)[C@@H](COC(C)=O)O[C@H]1NC(=O)C[C@@H](ON1C(=O)c2ccccc2C1=O)C(=O)OCc1ccccc1. The molecule has 4 rings (SSSR count). The lowest BCUT2D eigenvalue weighted by Crippen LogP contribution is -2.69. The lowest BCUT2D eigenvalue weighted by atomic mass is 9.95. The highest BCUT2D eigenvalue weighted by atomic mass is 16.7. The van der Waals surface area contributed by atoms with Crippen molar-refractivity contribution in [1.82, 2.24) is 15.7 Å². The van der Waals surface area contributed by atoms with E-state index < -0.39 is 97.2 Å². The fourth-order valence-corrected chi connectivity index (χ4v) is 5.22. The molecule has 0 aromatic heterocycles. The molecule has 4 amide bonds. The molecule has 1 fully saturated rings. The zero-order valence-corrected chi connectivity index (χ0v) is 27.4. The minimum atomic E-state index is -1.86. The van der Waals surface area contributed by atoms with Crippen LogP contribution in [0, 0.1) is 0 Å². The normalized spacial score (nSPS) is 21.7. The lowest BCUT2D eigenvalue weighted by Gasteiger charge is -2.45. The molecule has 2 aliphatic heterocycles. The highest BCUT2D eigenvalue weighted by Gasteiger charge is 2.51. The molecular weight excluding hydrogens is 662 g/mol. The highest BCUT2D eigenvalue weighted by Crippen LogP contribution is 2.28. The van der Waals surface area contributed by atoms with Crippen molar-refractivity contribution in [2.24, 2.45) is 0 Å². The maximum absolute atomic E-state index is 13.6. The van der Waals surface area contributed by atoms with Gasteiger partial charge in [-0.25, -0.2) is 9.63 Å². The third-order valence-corrected chi connectivity index (χ3v) is 7.27. The van der Waals surface area contributed by atoms with Crippen LogP contribution in [0.5, 0.6) is 0 Å². The molecule has 6 atom stereocenters. The van der Waals surface area contributed by atoms with Crippen LogP contribution in [-0.2, 0) is 63.9 Å². The van der Waals surface area contributed by atoms with E-state index in [1.165, 1.54) is 24.3 Å². The quantitative estimate of drug-likeness (QED) is 0.165. The number of hydroxylamine groups is 2. The molecule has 2 N–H and O–H groups in total. The van der Waals surface area contributed by atoms with Gasteiger partial charge in [0.25, 0.3) is 11.8 Å². The second kappa shape index (κ2) is 16.6. The molecule has 2 aliphatic rings. The number of nitrogens with zero attached hydrogens (tertiary/aromatic N) is 1. The molecule has 0 aliphatic carbocycles. The molecule has 0 radical (unpaired) electrons. The van der Waals surface area contributed by atoms with Crippen molar-refractivity contribution in [3.05, 3.63) is 71.3 Å². The molecule has 0 spiro atoms. The van der Waals surface area contributed by atoms with Gasteiger partial charge in [-0.05, 0) is 17.7 Å². The van der Waals surface area contributed by atoms with Crippen molar-refractivity contribution in [1.29, 1.82) is 0 Å². The lowest BCUT2D eigenvalue weighted by molar-refractivity contribution is -0.228. The molecule has 1 saturated heterocycles. The van der Waals surface area contributed by atoms with Crippen LogP contribution >= 0.6 is 0 Å². The Kier molecular flexibility index (Phi) is 12.3. The van der Waals surface area contributed by atoms with Crippen LogP contribution in [0.4, 0.5) is 0 Å². The van der Waals surface area contributed by atoms with E-state index in [0.717, 1.165) is 27.7 Å². The number of carbonyl (C=O) groups excluding carboxylic acids is 8. The number of hydrogen-bond donors (Lipinski definition) is 2. The summed E-state index contributed by atoms with van der Waals surface area (Å²) < 4.78 is 27.1. The maximum atomic E-state index is 13.6. The van der Waals surface area contributed by atoms with Gasteiger partial charge in [0.05, 0.1) is 17.5 Å². The fraction of sp³-hybridized carbons (Fsp3) is 0.394. The van der Waals surface area contributed by atoms with E-state index in [9.17, 15) is 38.4 Å². The number of benzene rings is 2. The van der Waals surface area contributed by atoms with Crippen LogP contribution in [0.3, 0.4) is 0 Å². The number of hydrogen-bond acceptors (Lipinski definition) is 14. The first kappa shape index (κ1) is 37.1. The predicted octanol–water partition coefficient (Wildman–Crippen LogP) is 0.489. The third kappa shape index (κ3) is 9.48. The Bertz CT molecular complexity index is 1610. The molecule has 2 aromatic carbocycles. The van der Waals surface area contributed by atoms with Gasteiger partial charge >= 0.3 is 23.9 Å². The van der Waals surface area contributed by atoms with Gasteiger partial charge in [0.2, 0.25) is 11.8 Å². The first-order chi connectivity index (χ1) is 23.7. The summed E-state index contributed by atoms with van der Waals surface area (Å²) in [6.07, 6.45) is -8.49. The Balaban J connectivity index is 1.60. The smallest absolute Gasteiger partial charge is 0.338 e. The van der Waals surface area contributed by atoms with Gasteiger partial charge in [-0.2, -0.15) is 0 Å². The van der Waals surface area contributed by atoms with Crippen LogP contribution in [0.25, 0.3) is 0 Å². The second-order valence-electron chi connectivity index (χ2n) is 11.2. The molecule has 0 bridgehead atoms. The summed E-state index contributed by atoms with van der Waals surface area (Å²) in [6, 6.07) is 13.0. The number of imide groups is 1. The number of carbonyl (C=O) groups is 8. The van der Waals surface area contributed by atoms with Crippen molar-refractivity contribution in [3.8, 4) is 0 Å². The van der Waals surface area contributed by atoms with Gasteiger partial charge in [-0.3, -0.25) is 33.6 Å². The van der Waals surface area contributed by atoms with E-state index in [-0.39, 0.29) is 17.7 Å². The van der Waals surface area contributed by atoms with Crippen LogP contribution in [0.2, 0.25) is 0 Å². The molecule has 50 heavy (non-hydrogen) atoms. The summed E-state index contributed by atoms with van der Waals surface area (Å²) in [5.41, 5.74) is 0.630. The average Bonchev–Trinajstić information content (AvgIpc) is 3.29. The zero-order valence-electron chi connectivity index (χ0n) is 27.4. The summed E-state index contributed by atoms with van der Waals surface area (Å²) in [4.78, 5) is 107. The van der Waals surface area contributed by atoms with Crippen LogP contribution in [0.1, 0.15) is 60.4 Å². The average molecular weight is 698 g/mol. The van der Waals surface area contributed by atoms with Gasteiger partial charge in [0.1, 0.15) is 25.4 Å². The van der Waals surface area contributed by atoms with Crippen LogP contribution in [0.15, 0.2) is 54.6 Å². The molecule has 266 valence electrons. The first-order valence-electron chi connectivity index (χ1n) is 15.3. The Morgan fingerprint density at radius 3 is 1.90 bits per heavy atom. The maximum Gasteiger partial charge on any atom is 0.338 e. The minimum absolute atomic E-state index is 0.0183. The van der Waals surface area contributed by atoms with Crippen molar-refractivity contribution in [3.63, 3.8) is 0 Å². The van der Waals surface area contributed by atoms with Crippen molar-refractivity contribution in [2.75, 3.05) is 6.61 Å². The zero-order chi connectivity index (χ0) is 36.5. The third-order valence-electron chi connectivity index (χ3n) is 7.27. The second-order valence-corrected chi connectivity index (χ2v) is 11.2. The molecule has 0 saturated carbocycles. The summed E-state index contributed by atoms with van der Waals surface area (Å²) >= 11 is 0. The number of nitrogens with one attached hydrogen (secondary N) is 2. The van der Waals surface area contributed by atoms with Crippen LogP contribution < -0.4 is 10.6 Å². The predicted molar refractivity (Wildman–Crippen MR) is 165 cm³/mol. The molecule has 2 heterocycles. The molecule has 17 heteroatoms. The fourth-order valence-electron chi connectivity index (χ4n) is 5.22. The number of fused-ring (bicyclic) bond motifs is 1. The van der Waals surface area contributed by atoms with E-state index >= 15 is 0 Å². The van der Waals surface area contributed by atoms with Gasteiger partial charge in [0.15, 0.2) is 24.5 Å². The molecular formula is C33H35N3O14. The van der Waals surface area contributed by atoms with E-state index in [4.69, 9.17) is 28.5 Å². The van der Waals surface area contributed by atoms with Gasteiger partial charge in [-0.1, -0.05) is 42.5 Å². The molecule has 0 unspecified atom stereocenters. The van der Waals surface area contributed by atoms with E-state index in [0.29, 0.717) is 10.6 Å². The summed E-state index contributed by atoms with van der Waals surface area (Å²) in [7, 11) is 0. The first-order valence-corrected chi connectivity index (χ1v) is 15.3. The topological polar surface area (TPSA) is 219 Å². The van der Waals surface area contributed by atoms with Gasteiger partial charge in [-0.15, -0.1) is 5.06 Å². The van der Waals surface area contributed by atoms with E-state index in [2.05, 4.69) is 10.6 Å². The Morgan fingerprint density at radius 1 is 0.760 bits per heavy atom. The van der Waals surface area contributed by atoms with E-state index in [1.54, 1.807) is 30.3 Å². The monoisotopic (exact) mass is 697 g/mol. The molecule has 2 aromatic rings. The van der Waals surface area contributed by atoms with Crippen molar-refractivity contribution >= 4 is 47.5 Å².